The molecule has 2 aromatic rings. The molecule has 2 heterocycles. The first-order valence-corrected chi connectivity index (χ1v) is 9.06. The Morgan fingerprint density at radius 3 is 2.88 bits per heavy atom. The molecule has 0 aliphatic carbocycles. The average Bonchev–Trinajstić information content (AvgIpc) is 3.16. The van der Waals surface area contributed by atoms with Crippen molar-refractivity contribution in [3.63, 3.8) is 0 Å². The molecule has 134 valence electrons. The number of aryl methyl sites for hydroxylation is 1. The van der Waals surface area contributed by atoms with Crippen molar-refractivity contribution in [1.82, 2.24) is 14.5 Å². The van der Waals surface area contributed by atoms with Gasteiger partial charge in [0.2, 0.25) is 5.91 Å². The van der Waals surface area contributed by atoms with Crippen LogP contribution in [0.5, 0.6) is 0 Å². The molecular weight excluding hydrogens is 314 g/mol. The van der Waals surface area contributed by atoms with Crippen LogP contribution in [0.25, 0.3) is 0 Å². The number of carbonyl (C=O) groups is 1. The van der Waals surface area contributed by atoms with E-state index in [1.165, 1.54) is 5.56 Å². The summed E-state index contributed by atoms with van der Waals surface area (Å²) in [6, 6.07) is 10.5. The van der Waals surface area contributed by atoms with Crippen molar-refractivity contribution in [2.24, 2.45) is 5.92 Å². The number of piperidine rings is 1. The lowest BCUT2D eigenvalue weighted by molar-refractivity contribution is -0.135. The maximum atomic E-state index is 12.6. The fourth-order valence-corrected chi connectivity index (χ4v) is 3.65. The van der Waals surface area contributed by atoms with Gasteiger partial charge < -0.3 is 14.2 Å². The van der Waals surface area contributed by atoms with E-state index < -0.39 is 0 Å². The predicted octanol–water partition coefficient (Wildman–Crippen LogP) is 2.77. The zero-order valence-corrected chi connectivity index (χ0v) is 14.9. The number of imidazole rings is 1. The van der Waals surface area contributed by atoms with E-state index >= 15 is 0 Å². The number of likely N-dealkylation sites (tertiary alicyclic amines) is 1. The van der Waals surface area contributed by atoms with E-state index in [2.05, 4.69) is 29.2 Å². The van der Waals surface area contributed by atoms with Gasteiger partial charge in [-0.25, -0.2) is 4.98 Å². The quantitative estimate of drug-likeness (QED) is 0.778. The molecule has 1 aliphatic rings. The lowest BCUT2D eigenvalue weighted by Crippen LogP contribution is -2.47. The number of amides is 1. The van der Waals surface area contributed by atoms with Crippen molar-refractivity contribution in [3.05, 3.63) is 54.6 Å². The lowest BCUT2D eigenvalue weighted by atomic mass is 9.88. The summed E-state index contributed by atoms with van der Waals surface area (Å²) in [6.07, 6.45) is 9.05. The van der Waals surface area contributed by atoms with Gasteiger partial charge >= 0.3 is 0 Å². The Bertz CT molecular complexity index is 642. The molecule has 2 atom stereocenters. The van der Waals surface area contributed by atoms with Crippen LogP contribution in [0.2, 0.25) is 0 Å². The molecule has 0 saturated carbocycles. The molecule has 1 fully saturated rings. The van der Waals surface area contributed by atoms with E-state index in [0.717, 1.165) is 38.9 Å². The molecule has 1 aliphatic heterocycles. The van der Waals surface area contributed by atoms with Crippen molar-refractivity contribution in [3.8, 4) is 0 Å². The maximum Gasteiger partial charge on any atom is 0.222 e. The summed E-state index contributed by atoms with van der Waals surface area (Å²) < 4.78 is 7.70. The zero-order valence-electron chi connectivity index (χ0n) is 14.9. The first-order chi connectivity index (χ1) is 12.3. The number of methoxy groups -OCH3 is 1. The van der Waals surface area contributed by atoms with Gasteiger partial charge in [-0.15, -0.1) is 0 Å². The van der Waals surface area contributed by atoms with Crippen LogP contribution in [0, 0.1) is 5.92 Å². The van der Waals surface area contributed by atoms with E-state index in [-0.39, 0.29) is 12.0 Å². The van der Waals surface area contributed by atoms with Crippen LogP contribution in [0.1, 0.15) is 24.8 Å². The number of benzene rings is 1. The Hall–Kier alpha value is -2.14. The van der Waals surface area contributed by atoms with Gasteiger partial charge in [0.15, 0.2) is 0 Å². The number of ether oxygens (including phenoxy) is 1. The Labute approximate surface area is 149 Å². The van der Waals surface area contributed by atoms with Crippen LogP contribution in [0.15, 0.2) is 49.1 Å². The van der Waals surface area contributed by atoms with Gasteiger partial charge in [0.25, 0.3) is 0 Å². The Kier molecular flexibility index (Phi) is 6.23. The minimum absolute atomic E-state index is 0.232. The highest BCUT2D eigenvalue weighted by molar-refractivity contribution is 5.76. The van der Waals surface area contributed by atoms with Crippen LogP contribution in [-0.2, 0) is 22.5 Å². The second kappa shape index (κ2) is 8.81. The first kappa shape index (κ1) is 17.7. The predicted molar refractivity (Wildman–Crippen MR) is 97.1 cm³/mol. The topological polar surface area (TPSA) is 47.4 Å². The minimum Gasteiger partial charge on any atom is -0.381 e. The monoisotopic (exact) mass is 341 g/mol. The average molecular weight is 341 g/mol. The van der Waals surface area contributed by atoms with Crippen molar-refractivity contribution in [1.29, 1.82) is 0 Å². The van der Waals surface area contributed by atoms with Crippen LogP contribution in [0.3, 0.4) is 0 Å². The third-order valence-corrected chi connectivity index (χ3v) is 5.03. The number of rotatable bonds is 7. The Morgan fingerprint density at radius 1 is 1.32 bits per heavy atom. The van der Waals surface area contributed by atoms with Crippen molar-refractivity contribution < 1.29 is 9.53 Å². The third kappa shape index (κ3) is 4.92. The molecule has 5 nitrogen and oxygen atoms in total. The number of carbonyl (C=O) groups excluding carboxylic acids is 1. The summed E-state index contributed by atoms with van der Waals surface area (Å²) in [7, 11) is 1.78. The molecule has 1 aromatic heterocycles. The number of hydrogen-bond acceptors (Lipinski definition) is 3. The molecule has 3 rings (SSSR count). The van der Waals surface area contributed by atoms with Crippen LogP contribution in [-0.4, -0.2) is 46.7 Å². The van der Waals surface area contributed by atoms with Crippen LogP contribution >= 0.6 is 0 Å². The van der Waals surface area contributed by atoms with Gasteiger partial charge in [-0.05, 0) is 24.8 Å². The summed E-state index contributed by atoms with van der Waals surface area (Å²) in [4.78, 5) is 18.6. The summed E-state index contributed by atoms with van der Waals surface area (Å²) >= 11 is 0. The van der Waals surface area contributed by atoms with Crippen LogP contribution < -0.4 is 0 Å². The maximum absolute atomic E-state index is 12.6. The molecule has 1 amide bonds. The van der Waals surface area contributed by atoms with E-state index in [1.807, 2.05) is 21.7 Å². The van der Waals surface area contributed by atoms with Gasteiger partial charge in [-0.3, -0.25) is 4.79 Å². The summed E-state index contributed by atoms with van der Waals surface area (Å²) in [5, 5.41) is 0. The van der Waals surface area contributed by atoms with Crippen molar-refractivity contribution >= 4 is 5.91 Å². The number of nitrogens with zero attached hydrogens (tertiary/aromatic N) is 3. The second-order valence-electron chi connectivity index (χ2n) is 6.76. The SMILES string of the molecule is CO[C@H]1CCN(C(=O)CCCn2ccnc2)C[C@H]1Cc1ccccc1. The molecule has 25 heavy (non-hydrogen) atoms. The second-order valence-corrected chi connectivity index (χ2v) is 6.76. The number of aromatic nitrogens is 2. The molecule has 0 N–H and O–H groups in total. The van der Waals surface area contributed by atoms with Gasteiger partial charge in [-0.1, -0.05) is 30.3 Å². The van der Waals surface area contributed by atoms with E-state index in [4.69, 9.17) is 4.74 Å². The first-order valence-electron chi connectivity index (χ1n) is 9.06. The van der Waals surface area contributed by atoms with Gasteiger partial charge in [0.05, 0.1) is 12.4 Å². The standard InChI is InChI=1S/C20H27N3O2/c1-25-19-9-12-23(15-18(19)14-17-6-3-2-4-7-17)20(24)8-5-11-22-13-10-21-16-22/h2-4,6-7,10,13,16,18-19H,5,8-9,11-12,14-15H2,1H3/t18-,19+/m1/s1. The Balaban J connectivity index is 1.52. The number of hydrogen-bond donors (Lipinski definition) is 0. The van der Waals surface area contributed by atoms with E-state index in [1.54, 1.807) is 19.6 Å². The fourth-order valence-electron chi connectivity index (χ4n) is 3.65. The minimum atomic E-state index is 0.232. The molecule has 0 spiro atoms. The fraction of sp³-hybridized carbons (Fsp3) is 0.500. The van der Waals surface area contributed by atoms with Gasteiger partial charge in [-0.2, -0.15) is 0 Å². The highest BCUT2D eigenvalue weighted by atomic mass is 16.5. The highest BCUT2D eigenvalue weighted by Gasteiger charge is 2.31. The zero-order chi connectivity index (χ0) is 17.5. The molecule has 5 heteroatoms. The molecule has 1 aromatic carbocycles. The lowest BCUT2D eigenvalue weighted by Gasteiger charge is -2.38. The van der Waals surface area contributed by atoms with Crippen molar-refractivity contribution in [2.75, 3.05) is 20.2 Å². The highest BCUT2D eigenvalue weighted by Crippen LogP contribution is 2.24. The summed E-state index contributed by atoms with van der Waals surface area (Å²) in [5.74, 6) is 0.617. The van der Waals surface area contributed by atoms with Crippen molar-refractivity contribution in [2.45, 2.75) is 38.3 Å². The summed E-state index contributed by atoms with van der Waals surface area (Å²) in [5.41, 5.74) is 1.31. The third-order valence-electron chi connectivity index (χ3n) is 5.03. The Morgan fingerprint density at radius 2 is 2.16 bits per heavy atom. The summed E-state index contributed by atoms with van der Waals surface area (Å²) in [6.45, 7) is 2.43. The smallest absolute Gasteiger partial charge is 0.222 e. The molecule has 0 bridgehead atoms. The van der Waals surface area contributed by atoms with Gasteiger partial charge in [0, 0.05) is 51.5 Å². The molecule has 1 saturated heterocycles. The van der Waals surface area contributed by atoms with Gasteiger partial charge in [0.1, 0.15) is 0 Å². The normalized spacial score (nSPS) is 20.6. The molecule has 0 unspecified atom stereocenters. The van der Waals surface area contributed by atoms with E-state index in [9.17, 15) is 4.79 Å². The molecular formula is C20H27N3O2. The van der Waals surface area contributed by atoms with E-state index in [0.29, 0.717) is 12.3 Å². The molecule has 0 radical (unpaired) electrons. The largest absolute Gasteiger partial charge is 0.381 e. The van der Waals surface area contributed by atoms with Crippen LogP contribution in [0.4, 0.5) is 0 Å².